The topological polar surface area (TPSA) is 46.2 Å². The minimum Gasteiger partial charge on any atom is -0.355 e. The van der Waals surface area contributed by atoms with E-state index in [1.807, 2.05) is 74.5 Å². The van der Waals surface area contributed by atoms with Gasteiger partial charge in [-0.05, 0) is 17.0 Å². The first-order valence-electron chi connectivity index (χ1n) is 7.81. The Kier molecular flexibility index (Phi) is 6.53. The van der Waals surface area contributed by atoms with Crippen LogP contribution in [-0.4, -0.2) is 22.4 Å². The quantitative estimate of drug-likeness (QED) is 0.847. The monoisotopic (exact) mass is 329 g/mol. The molecular weight excluding hydrogens is 306 g/mol. The number of amides is 1. The van der Waals surface area contributed by atoms with Gasteiger partial charge in [-0.3, -0.25) is 9.00 Å². The highest BCUT2D eigenvalue weighted by molar-refractivity contribution is 7.86. The van der Waals surface area contributed by atoms with Crippen molar-refractivity contribution in [2.24, 2.45) is 5.92 Å². The molecule has 0 spiro atoms. The van der Waals surface area contributed by atoms with E-state index in [-0.39, 0.29) is 16.9 Å². The molecule has 0 bridgehead atoms. The largest absolute Gasteiger partial charge is 0.355 e. The number of carbonyl (C=O) groups excluding carboxylic acids is 1. The van der Waals surface area contributed by atoms with Crippen molar-refractivity contribution in [3.63, 3.8) is 0 Å². The maximum Gasteiger partial charge on any atom is 0.232 e. The fourth-order valence-corrected chi connectivity index (χ4v) is 3.78. The number of hydrogen-bond donors (Lipinski definition) is 1. The highest BCUT2D eigenvalue weighted by Crippen LogP contribution is 2.28. The summed E-state index contributed by atoms with van der Waals surface area (Å²) in [5, 5.41) is 2.55. The summed E-state index contributed by atoms with van der Waals surface area (Å²) in [6.07, 6.45) is 0. The highest BCUT2D eigenvalue weighted by Gasteiger charge is 2.23. The summed E-state index contributed by atoms with van der Waals surface area (Å²) >= 11 is 0. The predicted octanol–water partition coefficient (Wildman–Crippen LogP) is 3.30. The van der Waals surface area contributed by atoms with Crippen LogP contribution in [0.5, 0.6) is 0 Å². The zero-order valence-corrected chi connectivity index (χ0v) is 14.4. The standard InChI is InChI=1S/C19H23NO2S/c1-15(2)13-20-18(21)14-23(22)19(16-9-5-3-6-10-16)17-11-7-4-8-12-17/h3-12,15,19H,13-14H2,1-2H3,(H,20,21). The predicted molar refractivity (Wildman–Crippen MR) is 95.6 cm³/mol. The summed E-state index contributed by atoms with van der Waals surface area (Å²) in [7, 11) is -1.32. The van der Waals surface area contributed by atoms with Crippen molar-refractivity contribution < 1.29 is 9.00 Å². The van der Waals surface area contributed by atoms with Gasteiger partial charge in [0.05, 0.1) is 5.25 Å². The van der Waals surface area contributed by atoms with Gasteiger partial charge in [0.1, 0.15) is 5.75 Å². The minimum atomic E-state index is -1.32. The molecule has 0 heterocycles. The minimum absolute atomic E-state index is 0.0151. The molecule has 0 saturated carbocycles. The summed E-state index contributed by atoms with van der Waals surface area (Å²) in [5.41, 5.74) is 1.93. The van der Waals surface area contributed by atoms with E-state index in [4.69, 9.17) is 0 Å². The fraction of sp³-hybridized carbons (Fsp3) is 0.316. The molecule has 0 fully saturated rings. The van der Waals surface area contributed by atoms with Crippen LogP contribution < -0.4 is 5.32 Å². The molecular formula is C19H23NO2S. The van der Waals surface area contributed by atoms with Gasteiger partial charge in [-0.15, -0.1) is 0 Å². The van der Waals surface area contributed by atoms with Gasteiger partial charge in [0, 0.05) is 17.3 Å². The fourth-order valence-electron chi connectivity index (χ4n) is 2.33. The molecule has 2 rings (SSSR count). The molecule has 0 saturated heterocycles. The van der Waals surface area contributed by atoms with Crippen LogP contribution in [0.3, 0.4) is 0 Å². The third-order valence-corrected chi connectivity index (χ3v) is 5.07. The molecule has 0 aliphatic carbocycles. The second-order valence-corrected chi connectivity index (χ2v) is 7.45. The van der Waals surface area contributed by atoms with Gasteiger partial charge >= 0.3 is 0 Å². The number of hydrogen-bond acceptors (Lipinski definition) is 2. The second kappa shape index (κ2) is 8.63. The highest BCUT2D eigenvalue weighted by atomic mass is 32.2. The average molecular weight is 329 g/mol. The van der Waals surface area contributed by atoms with E-state index < -0.39 is 10.8 Å². The normalized spacial score (nSPS) is 12.3. The molecule has 122 valence electrons. The molecule has 1 N–H and O–H groups in total. The van der Waals surface area contributed by atoms with Crippen molar-refractivity contribution in [2.75, 3.05) is 12.3 Å². The third kappa shape index (κ3) is 5.32. The van der Waals surface area contributed by atoms with Gasteiger partial charge in [-0.2, -0.15) is 0 Å². The first-order chi connectivity index (χ1) is 11.1. The van der Waals surface area contributed by atoms with Crippen LogP contribution in [0, 0.1) is 5.92 Å². The van der Waals surface area contributed by atoms with Crippen LogP contribution in [0.1, 0.15) is 30.2 Å². The summed E-state index contributed by atoms with van der Waals surface area (Å²) in [6, 6.07) is 19.4. The van der Waals surface area contributed by atoms with E-state index in [0.29, 0.717) is 12.5 Å². The molecule has 0 radical (unpaired) electrons. The Bertz CT molecular complexity index is 601. The maximum absolute atomic E-state index is 12.8. The lowest BCUT2D eigenvalue weighted by Crippen LogP contribution is -2.32. The first-order valence-corrected chi connectivity index (χ1v) is 9.20. The van der Waals surface area contributed by atoms with Gasteiger partial charge in [0.15, 0.2) is 0 Å². The number of carbonyl (C=O) groups is 1. The van der Waals surface area contributed by atoms with Gasteiger partial charge in [0.25, 0.3) is 0 Å². The molecule has 23 heavy (non-hydrogen) atoms. The molecule has 0 aromatic heterocycles. The van der Waals surface area contributed by atoms with Crippen molar-refractivity contribution in [3.05, 3.63) is 71.8 Å². The third-order valence-electron chi connectivity index (χ3n) is 3.45. The molecule has 4 heteroatoms. The van der Waals surface area contributed by atoms with Crippen LogP contribution in [0.25, 0.3) is 0 Å². The summed E-state index contributed by atoms with van der Waals surface area (Å²) < 4.78 is 12.8. The number of benzene rings is 2. The Morgan fingerprint density at radius 2 is 1.43 bits per heavy atom. The lowest BCUT2D eigenvalue weighted by Gasteiger charge is -2.18. The van der Waals surface area contributed by atoms with Crippen molar-refractivity contribution in [1.82, 2.24) is 5.32 Å². The van der Waals surface area contributed by atoms with Gasteiger partial charge < -0.3 is 5.32 Å². The van der Waals surface area contributed by atoms with Crippen LogP contribution in [-0.2, 0) is 15.6 Å². The molecule has 0 aliphatic heterocycles. The Morgan fingerprint density at radius 3 is 1.87 bits per heavy atom. The molecule has 2 aromatic rings. The van der Waals surface area contributed by atoms with E-state index in [9.17, 15) is 9.00 Å². The van der Waals surface area contributed by atoms with E-state index in [0.717, 1.165) is 11.1 Å². The lowest BCUT2D eigenvalue weighted by molar-refractivity contribution is -0.118. The zero-order valence-electron chi connectivity index (χ0n) is 13.6. The van der Waals surface area contributed by atoms with E-state index in [1.54, 1.807) is 0 Å². The van der Waals surface area contributed by atoms with Crippen molar-refractivity contribution in [2.45, 2.75) is 19.1 Å². The molecule has 0 aliphatic rings. The van der Waals surface area contributed by atoms with Crippen LogP contribution >= 0.6 is 0 Å². The molecule has 1 unspecified atom stereocenters. The van der Waals surface area contributed by atoms with Crippen molar-refractivity contribution in [1.29, 1.82) is 0 Å². The molecule has 1 atom stereocenters. The zero-order chi connectivity index (χ0) is 16.7. The number of nitrogens with one attached hydrogen (secondary N) is 1. The molecule has 2 aromatic carbocycles. The van der Waals surface area contributed by atoms with E-state index >= 15 is 0 Å². The Hall–Kier alpha value is -1.94. The summed E-state index contributed by atoms with van der Waals surface area (Å²) in [4.78, 5) is 12.0. The van der Waals surface area contributed by atoms with Crippen LogP contribution in [0.4, 0.5) is 0 Å². The Morgan fingerprint density at radius 1 is 0.957 bits per heavy atom. The van der Waals surface area contributed by atoms with E-state index in [2.05, 4.69) is 5.32 Å². The Balaban J connectivity index is 2.18. The van der Waals surface area contributed by atoms with Crippen molar-refractivity contribution in [3.8, 4) is 0 Å². The molecule has 3 nitrogen and oxygen atoms in total. The number of rotatable bonds is 7. The lowest BCUT2D eigenvalue weighted by atomic mass is 10.0. The second-order valence-electron chi connectivity index (χ2n) is 5.92. The average Bonchev–Trinajstić information content (AvgIpc) is 2.55. The summed E-state index contributed by atoms with van der Waals surface area (Å²) in [5.74, 6) is 0.238. The first kappa shape index (κ1) is 17.4. The smallest absolute Gasteiger partial charge is 0.232 e. The van der Waals surface area contributed by atoms with Gasteiger partial charge in [-0.25, -0.2) is 0 Å². The van der Waals surface area contributed by atoms with Gasteiger partial charge in [0.2, 0.25) is 5.91 Å². The summed E-state index contributed by atoms with van der Waals surface area (Å²) in [6.45, 7) is 4.68. The van der Waals surface area contributed by atoms with Gasteiger partial charge in [-0.1, -0.05) is 74.5 Å². The SMILES string of the molecule is CC(C)CNC(=O)CS(=O)C(c1ccccc1)c1ccccc1. The van der Waals surface area contributed by atoms with E-state index in [1.165, 1.54) is 0 Å². The van der Waals surface area contributed by atoms with Crippen LogP contribution in [0.15, 0.2) is 60.7 Å². The van der Waals surface area contributed by atoms with Crippen LogP contribution in [0.2, 0.25) is 0 Å². The maximum atomic E-state index is 12.8. The molecule has 1 amide bonds. The Labute approximate surface area is 140 Å². The van der Waals surface area contributed by atoms with Crippen molar-refractivity contribution >= 4 is 16.7 Å².